The Labute approximate surface area is 154 Å². The summed E-state index contributed by atoms with van der Waals surface area (Å²) in [6.45, 7) is 4.59. The van der Waals surface area contributed by atoms with Gasteiger partial charge in [-0.3, -0.25) is 0 Å². The minimum atomic E-state index is -4.09. The molecule has 0 aliphatic rings. The van der Waals surface area contributed by atoms with Gasteiger partial charge in [-0.05, 0) is 32.0 Å². The van der Waals surface area contributed by atoms with Crippen molar-refractivity contribution < 1.29 is 13.2 Å². The number of amides is 1. The van der Waals surface area contributed by atoms with E-state index < -0.39 is 15.9 Å². The van der Waals surface area contributed by atoms with Crippen LogP contribution in [0.1, 0.15) is 13.8 Å². The Kier molecular flexibility index (Phi) is 5.80. The zero-order valence-corrected chi connectivity index (χ0v) is 15.9. The van der Waals surface area contributed by atoms with Gasteiger partial charge in [0.05, 0.1) is 10.0 Å². The summed E-state index contributed by atoms with van der Waals surface area (Å²) in [5.74, 6) is 0. The van der Waals surface area contributed by atoms with E-state index in [0.29, 0.717) is 13.1 Å². The fourth-order valence-corrected chi connectivity index (χ4v) is 4.79. The number of carbonyl (C=O) groups excluding carboxylic acids is 1. The Hall–Kier alpha value is -1.28. The number of nitrogens with zero attached hydrogens (tertiary/aromatic N) is 3. The minimum absolute atomic E-state index is 0.114. The summed E-state index contributed by atoms with van der Waals surface area (Å²) >= 11 is 17.7. The third-order valence-corrected chi connectivity index (χ3v) is 6.09. The molecule has 0 aliphatic carbocycles. The van der Waals surface area contributed by atoms with E-state index in [1.165, 1.54) is 29.3 Å². The van der Waals surface area contributed by atoms with Crippen LogP contribution in [0.15, 0.2) is 34.3 Å². The lowest BCUT2D eigenvalue weighted by Crippen LogP contribution is -2.34. The Morgan fingerprint density at radius 2 is 1.71 bits per heavy atom. The highest BCUT2D eigenvalue weighted by Crippen LogP contribution is 2.35. The van der Waals surface area contributed by atoms with E-state index in [4.69, 9.17) is 34.8 Å². The molecule has 1 heterocycles. The number of hydrogen-bond acceptors (Lipinski definition) is 4. The lowest BCUT2D eigenvalue weighted by molar-refractivity contribution is 0.201. The van der Waals surface area contributed by atoms with Gasteiger partial charge in [0.2, 0.25) is 9.84 Å². The van der Waals surface area contributed by atoms with Gasteiger partial charge in [0.25, 0.3) is 0 Å². The van der Waals surface area contributed by atoms with Gasteiger partial charge >= 0.3 is 6.03 Å². The molecule has 1 amide bonds. The lowest BCUT2D eigenvalue weighted by Gasteiger charge is -2.17. The van der Waals surface area contributed by atoms with Gasteiger partial charge in [0, 0.05) is 24.3 Å². The van der Waals surface area contributed by atoms with E-state index in [1.54, 1.807) is 0 Å². The number of carbonyl (C=O) groups is 1. The summed E-state index contributed by atoms with van der Waals surface area (Å²) in [5, 5.41) is 3.53. The first kappa shape index (κ1) is 19.1. The molecule has 2 rings (SSSR count). The Bertz CT molecular complexity index is 853. The molecule has 2 aromatic rings. The van der Waals surface area contributed by atoms with Gasteiger partial charge in [-0.2, -0.15) is 9.78 Å². The monoisotopic (exact) mass is 409 g/mol. The highest BCUT2D eigenvalue weighted by molar-refractivity contribution is 7.91. The molecule has 6 nitrogen and oxygen atoms in total. The van der Waals surface area contributed by atoms with Crippen LogP contribution < -0.4 is 0 Å². The predicted octanol–water partition coefficient (Wildman–Crippen LogP) is 3.99. The summed E-state index contributed by atoms with van der Waals surface area (Å²) in [6.07, 6.45) is 1.28. The second-order valence-electron chi connectivity index (χ2n) is 4.76. The first-order valence-electron chi connectivity index (χ1n) is 6.97. The topological polar surface area (TPSA) is 72.3 Å². The maximum absolute atomic E-state index is 12.7. The van der Waals surface area contributed by atoms with E-state index in [0.717, 1.165) is 4.68 Å². The van der Waals surface area contributed by atoms with E-state index in [-0.39, 0.29) is 25.0 Å². The largest absolute Gasteiger partial charge is 0.344 e. The lowest BCUT2D eigenvalue weighted by atomic mass is 10.4. The van der Waals surface area contributed by atoms with Gasteiger partial charge in [0.15, 0.2) is 5.03 Å². The summed E-state index contributed by atoms with van der Waals surface area (Å²) < 4.78 is 26.4. The Balaban J connectivity index is 2.48. The molecule has 130 valence electrons. The van der Waals surface area contributed by atoms with Crippen LogP contribution in [0.5, 0.6) is 0 Å². The van der Waals surface area contributed by atoms with Crippen LogP contribution in [0.2, 0.25) is 15.1 Å². The van der Waals surface area contributed by atoms with Crippen LogP contribution in [-0.2, 0) is 9.84 Å². The number of aromatic nitrogens is 2. The molecule has 0 saturated carbocycles. The third kappa shape index (κ3) is 3.54. The smallest absolute Gasteiger partial charge is 0.323 e. The summed E-state index contributed by atoms with van der Waals surface area (Å²) in [4.78, 5) is 13.4. The van der Waals surface area contributed by atoms with Crippen molar-refractivity contribution >= 4 is 50.7 Å². The quantitative estimate of drug-likeness (QED) is 0.764. The van der Waals surface area contributed by atoms with Crippen molar-refractivity contribution in [1.82, 2.24) is 14.7 Å². The number of halogens is 3. The van der Waals surface area contributed by atoms with E-state index in [9.17, 15) is 13.2 Å². The molecule has 0 atom stereocenters. The normalized spacial score (nSPS) is 11.5. The van der Waals surface area contributed by atoms with Gasteiger partial charge in [-0.25, -0.2) is 13.2 Å². The second kappa shape index (κ2) is 7.31. The van der Waals surface area contributed by atoms with Crippen LogP contribution in [-0.4, -0.2) is 42.2 Å². The molecule has 0 aliphatic heterocycles. The SMILES string of the molecule is CCN(CC)C(=O)n1ccc(S(=O)(=O)c2c(Cl)cc(Cl)cc2Cl)n1. The fraction of sp³-hybridized carbons (Fsp3) is 0.286. The maximum Gasteiger partial charge on any atom is 0.344 e. The van der Waals surface area contributed by atoms with Crippen molar-refractivity contribution in [3.05, 3.63) is 39.5 Å². The van der Waals surface area contributed by atoms with E-state index >= 15 is 0 Å². The summed E-state index contributed by atoms with van der Waals surface area (Å²) in [5.41, 5.74) is 0. The van der Waals surface area contributed by atoms with Crippen LogP contribution in [0.25, 0.3) is 0 Å². The van der Waals surface area contributed by atoms with Crippen LogP contribution in [0.3, 0.4) is 0 Å². The van der Waals surface area contributed by atoms with E-state index in [1.807, 2.05) is 13.8 Å². The molecule has 0 saturated heterocycles. The van der Waals surface area contributed by atoms with Gasteiger partial charge in [-0.15, -0.1) is 0 Å². The summed E-state index contributed by atoms with van der Waals surface area (Å²) in [6, 6.07) is 3.35. The molecule has 0 bridgehead atoms. The molecule has 0 spiro atoms. The van der Waals surface area contributed by atoms with Gasteiger partial charge < -0.3 is 4.90 Å². The van der Waals surface area contributed by atoms with E-state index in [2.05, 4.69) is 5.10 Å². The predicted molar refractivity (Wildman–Crippen MR) is 92.9 cm³/mol. The Morgan fingerprint density at radius 3 is 2.21 bits per heavy atom. The zero-order valence-electron chi connectivity index (χ0n) is 12.8. The molecule has 0 N–H and O–H groups in total. The van der Waals surface area contributed by atoms with Crippen molar-refractivity contribution in [2.75, 3.05) is 13.1 Å². The minimum Gasteiger partial charge on any atom is -0.323 e. The molecule has 10 heteroatoms. The molecule has 0 unspecified atom stereocenters. The first-order valence-corrected chi connectivity index (χ1v) is 9.58. The Morgan fingerprint density at radius 1 is 1.17 bits per heavy atom. The van der Waals surface area contributed by atoms with Crippen molar-refractivity contribution in [3.63, 3.8) is 0 Å². The highest BCUT2D eigenvalue weighted by atomic mass is 35.5. The molecule has 0 fully saturated rings. The second-order valence-corrected chi connectivity index (χ2v) is 7.84. The van der Waals surface area contributed by atoms with Crippen molar-refractivity contribution in [3.8, 4) is 0 Å². The van der Waals surface area contributed by atoms with Crippen LogP contribution in [0, 0.1) is 0 Å². The molecule has 1 aromatic heterocycles. The summed E-state index contributed by atoms with van der Waals surface area (Å²) in [7, 11) is -4.09. The molecule has 0 radical (unpaired) electrons. The third-order valence-electron chi connectivity index (χ3n) is 3.30. The van der Waals surface area contributed by atoms with Gasteiger partial charge in [-0.1, -0.05) is 34.8 Å². The number of hydrogen-bond donors (Lipinski definition) is 0. The van der Waals surface area contributed by atoms with Crippen molar-refractivity contribution in [2.45, 2.75) is 23.8 Å². The zero-order chi connectivity index (χ0) is 18.1. The first-order chi connectivity index (χ1) is 11.2. The number of rotatable bonds is 4. The number of benzene rings is 1. The van der Waals surface area contributed by atoms with Crippen LogP contribution >= 0.6 is 34.8 Å². The average Bonchev–Trinajstić information content (AvgIpc) is 2.97. The molecular formula is C14H14Cl3N3O3S. The maximum atomic E-state index is 12.7. The average molecular weight is 411 g/mol. The molecular weight excluding hydrogens is 397 g/mol. The standard InChI is InChI=1S/C14H14Cl3N3O3S/c1-3-19(4-2)14(21)20-6-5-12(18-20)24(22,23)13-10(16)7-9(15)8-11(13)17/h5-8H,3-4H2,1-2H3. The number of sulfone groups is 1. The van der Waals surface area contributed by atoms with Crippen molar-refractivity contribution in [2.24, 2.45) is 0 Å². The fourth-order valence-electron chi connectivity index (χ4n) is 2.09. The molecule has 1 aromatic carbocycles. The molecule has 24 heavy (non-hydrogen) atoms. The highest BCUT2D eigenvalue weighted by Gasteiger charge is 2.28. The van der Waals surface area contributed by atoms with Gasteiger partial charge in [0.1, 0.15) is 4.90 Å². The van der Waals surface area contributed by atoms with Crippen LogP contribution in [0.4, 0.5) is 4.79 Å². The van der Waals surface area contributed by atoms with Crippen molar-refractivity contribution in [1.29, 1.82) is 0 Å².